The van der Waals surface area contributed by atoms with Crippen LogP contribution in [0.4, 0.5) is 0 Å². The second kappa shape index (κ2) is 6.17. The van der Waals surface area contributed by atoms with Crippen molar-refractivity contribution in [3.05, 3.63) is 24.3 Å². The van der Waals surface area contributed by atoms with E-state index in [1.165, 1.54) is 6.92 Å². The summed E-state index contributed by atoms with van der Waals surface area (Å²) in [7, 11) is -13.0. The molecule has 0 atom stereocenters. The van der Waals surface area contributed by atoms with Gasteiger partial charge < -0.3 is 8.37 Å². The Labute approximate surface area is 122 Å². The maximum Gasteiger partial charge on any atom is 0.326 e. The highest BCUT2D eigenvalue weighted by Crippen LogP contribution is 2.20. The van der Waals surface area contributed by atoms with Gasteiger partial charge >= 0.3 is 20.2 Å². The first kappa shape index (κ1) is 17.7. The Balaban J connectivity index is 2.85. The Bertz CT molecular complexity index is 789. The maximum absolute atomic E-state index is 11.3. The Morgan fingerprint density at radius 1 is 0.857 bits per heavy atom. The molecule has 21 heavy (non-hydrogen) atoms. The van der Waals surface area contributed by atoms with Gasteiger partial charge in [-0.1, -0.05) is 0 Å². The van der Waals surface area contributed by atoms with Gasteiger partial charge in [-0.3, -0.25) is 4.55 Å². The van der Waals surface area contributed by atoms with Crippen molar-refractivity contribution >= 4 is 30.4 Å². The average Bonchev–Trinajstić information content (AvgIpc) is 2.28. The van der Waals surface area contributed by atoms with Crippen molar-refractivity contribution < 1.29 is 38.2 Å². The summed E-state index contributed by atoms with van der Waals surface area (Å²) in [6.07, 6.45) is 0. The van der Waals surface area contributed by atoms with E-state index in [-0.39, 0.29) is 17.3 Å². The van der Waals surface area contributed by atoms with Gasteiger partial charge in [0.05, 0.1) is 5.75 Å². The molecule has 0 unspecified atom stereocenters. The van der Waals surface area contributed by atoms with Gasteiger partial charge in [0.2, 0.25) is 5.08 Å². The lowest BCUT2D eigenvalue weighted by atomic mass is 10.3. The largest absolute Gasteiger partial charge is 0.382 e. The first-order valence-corrected chi connectivity index (χ1v) is 10.1. The van der Waals surface area contributed by atoms with Crippen molar-refractivity contribution in [1.82, 2.24) is 0 Å². The quantitative estimate of drug-likeness (QED) is 0.524. The van der Waals surface area contributed by atoms with E-state index in [4.69, 9.17) is 4.55 Å². The zero-order valence-corrected chi connectivity index (χ0v) is 13.1. The van der Waals surface area contributed by atoms with Crippen molar-refractivity contribution in [3.8, 4) is 11.5 Å². The van der Waals surface area contributed by atoms with Crippen LogP contribution in [-0.2, 0) is 30.4 Å². The van der Waals surface area contributed by atoms with Gasteiger partial charge in [-0.25, -0.2) is 0 Å². The normalized spacial score (nSPS) is 12.9. The van der Waals surface area contributed by atoms with Crippen LogP contribution in [0, 0.1) is 0 Å². The zero-order chi connectivity index (χ0) is 16.3. The molecule has 1 aromatic carbocycles. The Morgan fingerprint density at radius 2 is 1.24 bits per heavy atom. The summed E-state index contributed by atoms with van der Waals surface area (Å²) in [5, 5.41) is -1.59. The van der Waals surface area contributed by atoms with Crippen molar-refractivity contribution in [2.24, 2.45) is 0 Å². The highest BCUT2D eigenvalue weighted by atomic mass is 32.3. The highest BCUT2D eigenvalue weighted by Gasteiger charge is 2.22. The Kier molecular flexibility index (Phi) is 5.20. The van der Waals surface area contributed by atoms with Crippen molar-refractivity contribution in [1.29, 1.82) is 0 Å². The molecular weight excluding hydrogens is 348 g/mol. The molecule has 0 aliphatic rings. The molecule has 1 N–H and O–H groups in total. The number of rotatable bonds is 7. The number of benzene rings is 1. The fourth-order valence-corrected chi connectivity index (χ4v) is 3.69. The van der Waals surface area contributed by atoms with Gasteiger partial charge in [-0.15, -0.1) is 0 Å². The van der Waals surface area contributed by atoms with E-state index in [0.717, 1.165) is 24.3 Å². The van der Waals surface area contributed by atoms with E-state index in [1.54, 1.807) is 0 Å². The van der Waals surface area contributed by atoms with Crippen molar-refractivity contribution in [2.75, 3.05) is 10.8 Å². The summed E-state index contributed by atoms with van der Waals surface area (Å²) in [5.74, 6) is -0.565. The van der Waals surface area contributed by atoms with Gasteiger partial charge in [0.25, 0.3) is 10.1 Å². The zero-order valence-electron chi connectivity index (χ0n) is 10.7. The lowest BCUT2D eigenvalue weighted by Crippen LogP contribution is -2.20. The summed E-state index contributed by atoms with van der Waals surface area (Å²) in [4.78, 5) is 0. The minimum atomic E-state index is -4.75. The lowest BCUT2D eigenvalue weighted by Gasteiger charge is -2.07. The van der Waals surface area contributed by atoms with Crippen molar-refractivity contribution in [3.63, 3.8) is 0 Å². The van der Waals surface area contributed by atoms with E-state index in [1.807, 2.05) is 0 Å². The topological polar surface area (TPSA) is 141 Å². The van der Waals surface area contributed by atoms with Crippen LogP contribution < -0.4 is 8.37 Å². The van der Waals surface area contributed by atoms with Gasteiger partial charge in [0.15, 0.2) is 0 Å². The molecule has 0 spiro atoms. The molecule has 0 aromatic heterocycles. The predicted octanol–water partition coefficient (Wildman–Crippen LogP) is -0.0310. The number of hydrogen-bond acceptors (Lipinski definition) is 8. The van der Waals surface area contributed by atoms with Crippen LogP contribution in [0.3, 0.4) is 0 Å². The van der Waals surface area contributed by atoms with Crippen LogP contribution in [0.1, 0.15) is 6.92 Å². The Hall–Kier alpha value is -1.37. The second-order valence-corrected chi connectivity index (χ2v) is 8.99. The molecule has 0 amide bonds. The van der Waals surface area contributed by atoms with Crippen LogP contribution in [0.15, 0.2) is 24.3 Å². The number of hydrogen-bond donors (Lipinski definition) is 1. The molecule has 0 radical (unpaired) electrons. The van der Waals surface area contributed by atoms with Crippen LogP contribution in [0.2, 0.25) is 0 Å². The minimum absolute atomic E-state index is 0.0589. The average molecular weight is 360 g/mol. The van der Waals surface area contributed by atoms with Gasteiger partial charge in [0, 0.05) is 0 Å². The highest BCUT2D eigenvalue weighted by molar-refractivity contribution is 8.03. The fourth-order valence-electron chi connectivity index (χ4n) is 1.11. The lowest BCUT2D eigenvalue weighted by molar-refractivity contribution is 0.470. The molecule has 9 nitrogen and oxygen atoms in total. The molecule has 0 bridgehead atoms. The standard InChI is InChI=1S/C9H12O9S3/c1-2-20(13,14)17-8-3-5-9(6-4-8)18-21(15,16)7-19(10,11)12/h3-6H,2,7H2,1H3,(H,10,11,12). The third-order valence-electron chi connectivity index (χ3n) is 1.92. The second-order valence-electron chi connectivity index (χ2n) is 3.74. The van der Waals surface area contributed by atoms with E-state index in [9.17, 15) is 25.3 Å². The molecule has 0 heterocycles. The summed E-state index contributed by atoms with van der Waals surface area (Å²) < 4.78 is 83.5. The first-order chi connectivity index (χ1) is 9.42. The van der Waals surface area contributed by atoms with Crippen LogP contribution >= 0.6 is 0 Å². The third kappa shape index (κ3) is 6.75. The van der Waals surface area contributed by atoms with E-state index in [2.05, 4.69) is 8.37 Å². The van der Waals surface area contributed by atoms with Crippen LogP contribution in [-0.4, -0.2) is 40.6 Å². The maximum atomic E-state index is 11.3. The molecule has 0 saturated heterocycles. The third-order valence-corrected chi connectivity index (χ3v) is 5.86. The summed E-state index contributed by atoms with van der Waals surface area (Å²) in [6.45, 7) is 1.38. The molecule has 0 saturated carbocycles. The molecule has 0 aliphatic carbocycles. The predicted molar refractivity (Wildman–Crippen MR) is 72.5 cm³/mol. The van der Waals surface area contributed by atoms with Gasteiger partial charge in [-0.05, 0) is 31.2 Å². The molecule has 0 fully saturated rings. The summed E-state index contributed by atoms with van der Waals surface area (Å²) in [6, 6.07) is 4.40. The van der Waals surface area contributed by atoms with Gasteiger partial charge in [0.1, 0.15) is 11.5 Å². The van der Waals surface area contributed by atoms with E-state index in [0.29, 0.717) is 0 Å². The Morgan fingerprint density at radius 3 is 1.57 bits per heavy atom. The van der Waals surface area contributed by atoms with E-state index < -0.39 is 35.4 Å². The molecule has 0 aliphatic heterocycles. The van der Waals surface area contributed by atoms with Crippen LogP contribution in [0.5, 0.6) is 11.5 Å². The smallest absolute Gasteiger partial charge is 0.326 e. The molecular formula is C9H12O9S3. The molecule has 12 heteroatoms. The SMILES string of the molecule is CCS(=O)(=O)Oc1ccc(OS(=O)(=O)CS(=O)(=O)O)cc1. The van der Waals surface area contributed by atoms with Crippen LogP contribution in [0.25, 0.3) is 0 Å². The van der Waals surface area contributed by atoms with Gasteiger partial charge in [-0.2, -0.15) is 25.3 Å². The van der Waals surface area contributed by atoms with Crippen molar-refractivity contribution in [2.45, 2.75) is 6.92 Å². The summed E-state index contributed by atoms with van der Waals surface area (Å²) >= 11 is 0. The first-order valence-electron chi connectivity index (χ1n) is 5.32. The molecule has 1 rings (SSSR count). The fraction of sp³-hybridized carbons (Fsp3) is 0.333. The summed E-state index contributed by atoms with van der Waals surface area (Å²) in [5.41, 5.74) is 0. The minimum Gasteiger partial charge on any atom is -0.382 e. The monoisotopic (exact) mass is 360 g/mol. The van der Waals surface area contributed by atoms with E-state index >= 15 is 0 Å². The molecule has 1 aromatic rings. The molecule has 120 valence electrons.